The summed E-state index contributed by atoms with van der Waals surface area (Å²) in [6.07, 6.45) is 2.88. The monoisotopic (exact) mass is 279 g/mol. The molecule has 0 bridgehead atoms. The van der Waals surface area contributed by atoms with Gasteiger partial charge in [-0.15, -0.1) is 0 Å². The van der Waals surface area contributed by atoms with Crippen molar-refractivity contribution in [2.75, 3.05) is 6.54 Å². The van der Waals surface area contributed by atoms with Crippen LogP contribution in [0.15, 0.2) is 59.2 Å². The molecule has 108 valence electrons. The Kier molecular flexibility index (Phi) is 4.07. The highest BCUT2D eigenvalue weighted by Gasteiger charge is 2.17. The maximum Gasteiger partial charge on any atom is 0.105 e. The molecule has 0 radical (unpaired) electrons. The second kappa shape index (κ2) is 6.15. The summed E-state index contributed by atoms with van der Waals surface area (Å²) in [6.45, 7) is 5.20. The lowest BCUT2D eigenvalue weighted by molar-refractivity contribution is 0.517. The third-order valence-electron chi connectivity index (χ3n) is 3.92. The molecule has 3 aromatic rings. The molecule has 2 aromatic carbocycles. The average Bonchev–Trinajstić information content (AvgIpc) is 2.94. The van der Waals surface area contributed by atoms with Crippen LogP contribution >= 0.6 is 0 Å². The number of nitrogens with one attached hydrogen (secondary N) is 1. The first-order valence-corrected chi connectivity index (χ1v) is 7.55. The average molecular weight is 279 g/mol. The molecule has 21 heavy (non-hydrogen) atoms. The largest absolute Gasteiger partial charge is 0.469 e. The Bertz CT molecular complexity index is 729. The molecule has 0 aliphatic heterocycles. The van der Waals surface area contributed by atoms with E-state index in [0.29, 0.717) is 0 Å². The van der Waals surface area contributed by atoms with Gasteiger partial charge in [-0.2, -0.15) is 0 Å². The van der Waals surface area contributed by atoms with Gasteiger partial charge >= 0.3 is 0 Å². The van der Waals surface area contributed by atoms with Gasteiger partial charge in [-0.3, -0.25) is 0 Å². The van der Waals surface area contributed by atoms with Crippen molar-refractivity contribution in [1.29, 1.82) is 0 Å². The van der Waals surface area contributed by atoms with Gasteiger partial charge in [0.15, 0.2) is 0 Å². The normalized spacial score (nSPS) is 12.7. The Morgan fingerprint density at radius 1 is 1.05 bits per heavy atom. The molecule has 0 aliphatic carbocycles. The van der Waals surface area contributed by atoms with E-state index >= 15 is 0 Å². The molecule has 1 unspecified atom stereocenters. The maximum absolute atomic E-state index is 5.49. The van der Waals surface area contributed by atoms with Crippen LogP contribution in [-0.4, -0.2) is 6.54 Å². The van der Waals surface area contributed by atoms with Crippen molar-refractivity contribution < 1.29 is 4.42 Å². The number of furan rings is 1. The molecule has 0 aliphatic rings. The maximum atomic E-state index is 5.49. The van der Waals surface area contributed by atoms with Crippen LogP contribution in [0.1, 0.15) is 36.3 Å². The fourth-order valence-corrected chi connectivity index (χ4v) is 2.78. The molecule has 0 fully saturated rings. The zero-order chi connectivity index (χ0) is 14.7. The third-order valence-corrected chi connectivity index (χ3v) is 3.92. The molecular formula is C19H21NO. The second-order valence-corrected chi connectivity index (χ2v) is 5.43. The van der Waals surface area contributed by atoms with Crippen molar-refractivity contribution in [3.05, 3.63) is 71.7 Å². The summed E-state index contributed by atoms with van der Waals surface area (Å²) >= 11 is 0. The van der Waals surface area contributed by atoms with Gasteiger partial charge in [0.1, 0.15) is 5.76 Å². The predicted octanol–water partition coefficient (Wildman–Crippen LogP) is 4.83. The number of fused-ring (bicyclic) bond motifs is 1. The molecular weight excluding hydrogens is 258 g/mol. The van der Waals surface area contributed by atoms with E-state index in [-0.39, 0.29) is 6.04 Å². The molecule has 1 heterocycles. The number of hydrogen-bond acceptors (Lipinski definition) is 2. The molecule has 0 amide bonds. The summed E-state index contributed by atoms with van der Waals surface area (Å²) < 4.78 is 5.49. The fourth-order valence-electron chi connectivity index (χ4n) is 2.78. The summed E-state index contributed by atoms with van der Waals surface area (Å²) in [5.41, 5.74) is 2.50. The van der Waals surface area contributed by atoms with Gasteiger partial charge in [-0.05, 0) is 48.4 Å². The van der Waals surface area contributed by atoms with Crippen molar-refractivity contribution in [3.8, 4) is 0 Å². The van der Waals surface area contributed by atoms with Crippen molar-refractivity contribution in [2.24, 2.45) is 0 Å². The fraction of sp³-hybridized carbons (Fsp3) is 0.263. The highest BCUT2D eigenvalue weighted by Crippen LogP contribution is 2.28. The molecule has 0 saturated heterocycles. The highest BCUT2D eigenvalue weighted by molar-refractivity contribution is 5.83. The Hall–Kier alpha value is -2.06. The Labute approximate surface area is 125 Å². The zero-order valence-electron chi connectivity index (χ0n) is 12.6. The van der Waals surface area contributed by atoms with E-state index in [0.717, 1.165) is 18.7 Å². The van der Waals surface area contributed by atoms with Crippen molar-refractivity contribution in [2.45, 2.75) is 26.3 Å². The van der Waals surface area contributed by atoms with Crippen LogP contribution in [0.4, 0.5) is 0 Å². The smallest absolute Gasteiger partial charge is 0.105 e. The van der Waals surface area contributed by atoms with Crippen LogP contribution in [0.2, 0.25) is 0 Å². The van der Waals surface area contributed by atoms with Crippen molar-refractivity contribution >= 4 is 10.8 Å². The number of hydrogen-bond donors (Lipinski definition) is 1. The van der Waals surface area contributed by atoms with Gasteiger partial charge < -0.3 is 9.73 Å². The molecule has 1 aromatic heterocycles. The summed E-state index contributed by atoms with van der Waals surface area (Å²) in [7, 11) is 0. The molecule has 3 rings (SSSR count). The SMILES string of the molecule is CCCNC(c1ccc2ccccc2c1)c1ccoc1C. The lowest BCUT2D eigenvalue weighted by atomic mass is 9.96. The van der Waals surface area contributed by atoms with Crippen LogP contribution in [-0.2, 0) is 0 Å². The summed E-state index contributed by atoms with van der Waals surface area (Å²) in [5, 5.41) is 6.19. The molecule has 2 nitrogen and oxygen atoms in total. The Balaban J connectivity index is 2.03. The van der Waals surface area contributed by atoms with Gasteiger partial charge in [0.25, 0.3) is 0 Å². The number of rotatable bonds is 5. The zero-order valence-corrected chi connectivity index (χ0v) is 12.6. The lowest BCUT2D eigenvalue weighted by Crippen LogP contribution is -2.23. The molecule has 1 atom stereocenters. The summed E-state index contributed by atoms with van der Waals surface area (Å²) in [5.74, 6) is 0.983. The Morgan fingerprint density at radius 3 is 2.57 bits per heavy atom. The van der Waals surface area contributed by atoms with Crippen molar-refractivity contribution in [3.63, 3.8) is 0 Å². The first-order valence-electron chi connectivity index (χ1n) is 7.55. The van der Waals surface area contributed by atoms with E-state index in [9.17, 15) is 0 Å². The predicted molar refractivity (Wildman–Crippen MR) is 87.5 cm³/mol. The summed E-state index contributed by atoms with van der Waals surface area (Å²) in [6, 6.07) is 17.4. The molecule has 1 N–H and O–H groups in total. The number of aryl methyl sites for hydroxylation is 1. The highest BCUT2D eigenvalue weighted by atomic mass is 16.3. The van der Waals surface area contributed by atoms with Crippen LogP contribution < -0.4 is 5.32 Å². The quantitative estimate of drug-likeness (QED) is 0.723. The first-order chi connectivity index (χ1) is 10.3. The van der Waals surface area contributed by atoms with E-state index in [4.69, 9.17) is 4.42 Å². The van der Waals surface area contributed by atoms with Gasteiger partial charge in [-0.25, -0.2) is 0 Å². The van der Waals surface area contributed by atoms with Crippen LogP contribution in [0.5, 0.6) is 0 Å². The second-order valence-electron chi connectivity index (χ2n) is 5.43. The van der Waals surface area contributed by atoms with Crippen LogP contribution in [0, 0.1) is 6.92 Å². The van der Waals surface area contributed by atoms with Gasteiger partial charge in [0.05, 0.1) is 12.3 Å². The number of benzene rings is 2. The van der Waals surface area contributed by atoms with Gasteiger partial charge in [-0.1, -0.05) is 43.3 Å². The Morgan fingerprint density at radius 2 is 1.86 bits per heavy atom. The summed E-state index contributed by atoms with van der Waals surface area (Å²) in [4.78, 5) is 0. The van der Waals surface area contributed by atoms with Gasteiger partial charge in [0, 0.05) is 5.56 Å². The third kappa shape index (κ3) is 2.86. The molecule has 0 spiro atoms. The minimum atomic E-state index is 0.188. The van der Waals surface area contributed by atoms with E-state index < -0.39 is 0 Å². The van der Waals surface area contributed by atoms with Gasteiger partial charge in [0.2, 0.25) is 0 Å². The van der Waals surface area contributed by atoms with Crippen molar-refractivity contribution in [1.82, 2.24) is 5.32 Å². The lowest BCUT2D eigenvalue weighted by Gasteiger charge is -2.19. The minimum absolute atomic E-state index is 0.188. The molecule has 2 heteroatoms. The van der Waals surface area contributed by atoms with E-state index in [1.807, 2.05) is 6.92 Å². The topological polar surface area (TPSA) is 25.2 Å². The first kappa shape index (κ1) is 13.9. The van der Waals surface area contributed by atoms with E-state index in [1.165, 1.54) is 21.9 Å². The van der Waals surface area contributed by atoms with E-state index in [1.54, 1.807) is 6.26 Å². The standard InChI is InChI=1S/C19H21NO/c1-3-11-20-19(18-10-12-21-14(18)2)17-9-8-15-6-4-5-7-16(15)13-17/h4-10,12-13,19-20H,3,11H2,1-2H3. The minimum Gasteiger partial charge on any atom is -0.469 e. The van der Waals surface area contributed by atoms with Crippen LogP contribution in [0.3, 0.4) is 0 Å². The van der Waals surface area contributed by atoms with Crippen LogP contribution in [0.25, 0.3) is 10.8 Å². The van der Waals surface area contributed by atoms with E-state index in [2.05, 4.69) is 60.8 Å². The molecule has 0 saturated carbocycles.